The Morgan fingerprint density at radius 3 is 2.78 bits per heavy atom. The predicted molar refractivity (Wildman–Crippen MR) is 105 cm³/mol. The van der Waals surface area contributed by atoms with E-state index >= 15 is 0 Å². The molecule has 3 aromatic rings. The van der Waals surface area contributed by atoms with Crippen molar-refractivity contribution in [2.24, 2.45) is 0 Å². The summed E-state index contributed by atoms with van der Waals surface area (Å²) in [6.45, 7) is 5.08. The van der Waals surface area contributed by atoms with Gasteiger partial charge in [0, 0.05) is 42.5 Å². The van der Waals surface area contributed by atoms with E-state index in [1.165, 1.54) is 12.1 Å². The van der Waals surface area contributed by atoms with Gasteiger partial charge in [-0.15, -0.1) is 0 Å². The summed E-state index contributed by atoms with van der Waals surface area (Å²) in [6, 6.07) is 14.2. The number of nitrogens with two attached hydrogens (primary N) is 1. The number of aryl methyl sites for hydroxylation is 1. The van der Waals surface area contributed by atoms with Crippen LogP contribution in [0.1, 0.15) is 30.7 Å². The molecule has 6 heteroatoms. The molecule has 3 N–H and O–H groups in total. The maximum absolute atomic E-state index is 6.11. The number of aromatic nitrogens is 3. The third-order valence-corrected chi connectivity index (χ3v) is 5.80. The first-order valence-electron chi connectivity index (χ1n) is 9.41. The summed E-state index contributed by atoms with van der Waals surface area (Å²) in [6.07, 6.45) is 2.84. The minimum Gasteiger partial charge on any atom is -0.482 e. The highest BCUT2D eigenvalue weighted by atomic mass is 16.5. The van der Waals surface area contributed by atoms with Crippen LogP contribution in [0.2, 0.25) is 0 Å². The molecule has 4 heterocycles. The van der Waals surface area contributed by atoms with Gasteiger partial charge >= 0.3 is 0 Å². The second-order valence-corrected chi connectivity index (χ2v) is 7.55. The molecule has 1 fully saturated rings. The van der Waals surface area contributed by atoms with E-state index in [4.69, 9.17) is 15.6 Å². The third kappa shape index (κ3) is 2.68. The van der Waals surface area contributed by atoms with Crippen LogP contribution in [0.15, 0.2) is 48.7 Å². The van der Waals surface area contributed by atoms with E-state index in [1.54, 1.807) is 6.20 Å². The summed E-state index contributed by atoms with van der Waals surface area (Å²) < 4.78 is 8.25. The predicted octanol–water partition coefficient (Wildman–Crippen LogP) is 2.91. The smallest absolute Gasteiger partial charge is 0.166 e. The second-order valence-electron chi connectivity index (χ2n) is 7.55. The lowest BCUT2D eigenvalue weighted by Gasteiger charge is -2.38. The molecule has 1 spiro atoms. The zero-order valence-electron chi connectivity index (χ0n) is 15.4. The Morgan fingerprint density at radius 1 is 1.22 bits per heavy atom. The minimum atomic E-state index is -0.109. The van der Waals surface area contributed by atoms with Gasteiger partial charge in [0.2, 0.25) is 0 Å². The zero-order valence-corrected chi connectivity index (χ0v) is 15.4. The quantitative estimate of drug-likeness (QED) is 0.747. The Morgan fingerprint density at radius 2 is 2.04 bits per heavy atom. The van der Waals surface area contributed by atoms with Gasteiger partial charge in [0.1, 0.15) is 6.10 Å². The molecule has 1 atom stereocenters. The van der Waals surface area contributed by atoms with E-state index in [9.17, 15) is 0 Å². The molecule has 2 aromatic heterocycles. The fraction of sp³-hybridized carbons (Fsp3) is 0.333. The third-order valence-electron chi connectivity index (χ3n) is 5.80. The number of hydrogen-bond donors (Lipinski definition) is 2. The van der Waals surface area contributed by atoms with E-state index in [0.717, 1.165) is 36.5 Å². The van der Waals surface area contributed by atoms with Crippen molar-refractivity contribution in [1.29, 1.82) is 0 Å². The van der Waals surface area contributed by atoms with Crippen LogP contribution in [0.5, 0.6) is 5.75 Å². The average Bonchev–Trinajstić information content (AvgIpc) is 3.22. The number of nitrogens with zero attached hydrogens (tertiary/aromatic N) is 3. The number of pyridine rings is 1. The van der Waals surface area contributed by atoms with E-state index in [2.05, 4.69) is 21.0 Å². The summed E-state index contributed by atoms with van der Waals surface area (Å²) >= 11 is 0. The molecule has 0 aliphatic carbocycles. The van der Waals surface area contributed by atoms with Gasteiger partial charge in [-0.25, -0.2) is 4.98 Å². The van der Waals surface area contributed by atoms with Crippen LogP contribution < -0.4 is 15.8 Å². The highest BCUT2D eigenvalue weighted by Crippen LogP contribution is 2.40. The first-order valence-corrected chi connectivity index (χ1v) is 9.41. The highest BCUT2D eigenvalue weighted by molar-refractivity contribution is 5.65. The van der Waals surface area contributed by atoms with E-state index in [0.29, 0.717) is 11.6 Å². The minimum absolute atomic E-state index is 0.109. The van der Waals surface area contributed by atoms with Crippen molar-refractivity contribution >= 4 is 5.82 Å². The number of anilines is 1. The van der Waals surface area contributed by atoms with Crippen LogP contribution in [-0.4, -0.2) is 27.9 Å². The number of benzene rings is 1. The Hall–Kier alpha value is -2.86. The lowest BCUT2D eigenvalue weighted by Crippen LogP contribution is -2.55. The summed E-state index contributed by atoms with van der Waals surface area (Å²) in [5, 5.41) is 8.20. The standard InChI is InChI=1S/C21H23N5O/c1-14(15-5-3-2-4-6-15)27-18-9-16(11-24-20(18)22)17-10-19-21(12-23-13-21)7-8-26(19)25-17/h2-6,9-11,14,23H,7-8,12-13H2,1H3,(H2,22,24)/t14-/m0/s1. The molecule has 2 aliphatic rings. The first-order chi connectivity index (χ1) is 13.1. The van der Waals surface area contributed by atoms with Gasteiger partial charge in [-0.3, -0.25) is 4.68 Å². The lowest BCUT2D eigenvalue weighted by atomic mass is 9.77. The monoisotopic (exact) mass is 361 g/mol. The Labute approximate surface area is 158 Å². The van der Waals surface area contributed by atoms with Crippen molar-refractivity contribution in [3.8, 4) is 17.0 Å². The van der Waals surface area contributed by atoms with Gasteiger partial charge in [-0.1, -0.05) is 30.3 Å². The zero-order chi connectivity index (χ0) is 18.4. The first kappa shape index (κ1) is 16.3. The fourth-order valence-electron chi connectivity index (χ4n) is 4.06. The van der Waals surface area contributed by atoms with E-state index < -0.39 is 0 Å². The fourth-order valence-corrected chi connectivity index (χ4v) is 4.06. The number of ether oxygens (including phenoxy) is 1. The largest absolute Gasteiger partial charge is 0.482 e. The molecule has 6 nitrogen and oxygen atoms in total. The number of fused-ring (bicyclic) bond motifs is 2. The molecule has 1 saturated heterocycles. The molecule has 138 valence electrons. The van der Waals surface area contributed by atoms with Crippen LogP contribution in [0, 0.1) is 0 Å². The Bertz CT molecular complexity index is 977. The molecule has 0 amide bonds. The molecule has 5 rings (SSSR count). The Kier molecular flexibility index (Phi) is 3.68. The van der Waals surface area contributed by atoms with Crippen molar-refractivity contribution < 1.29 is 4.74 Å². The van der Waals surface area contributed by atoms with Gasteiger partial charge in [0.05, 0.1) is 5.69 Å². The summed E-state index contributed by atoms with van der Waals surface area (Å²) in [5.74, 6) is 0.991. The number of nitrogen functional groups attached to an aromatic ring is 1. The molecular formula is C21H23N5O. The van der Waals surface area contributed by atoms with Crippen molar-refractivity contribution in [2.75, 3.05) is 18.8 Å². The van der Waals surface area contributed by atoms with Crippen LogP contribution >= 0.6 is 0 Å². The molecule has 27 heavy (non-hydrogen) atoms. The Balaban J connectivity index is 1.44. The average molecular weight is 361 g/mol. The molecule has 0 radical (unpaired) electrons. The van der Waals surface area contributed by atoms with Crippen LogP contribution in [-0.2, 0) is 12.0 Å². The normalized spacial score (nSPS) is 18.1. The van der Waals surface area contributed by atoms with Gasteiger partial charge < -0.3 is 15.8 Å². The summed E-state index contributed by atoms with van der Waals surface area (Å²) in [4.78, 5) is 4.35. The van der Waals surface area contributed by atoms with Gasteiger partial charge in [0.15, 0.2) is 11.6 Å². The number of rotatable bonds is 4. The van der Waals surface area contributed by atoms with E-state index in [1.807, 2.05) is 43.3 Å². The van der Waals surface area contributed by atoms with Gasteiger partial charge in [-0.05, 0) is 31.0 Å². The van der Waals surface area contributed by atoms with Crippen LogP contribution in [0.25, 0.3) is 11.3 Å². The summed E-state index contributed by atoms with van der Waals surface area (Å²) in [7, 11) is 0. The highest BCUT2D eigenvalue weighted by Gasteiger charge is 2.45. The molecule has 1 aromatic carbocycles. The molecular weight excluding hydrogens is 338 g/mol. The molecule has 0 saturated carbocycles. The van der Waals surface area contributed by atoms with Crippen molar-refractivity contribution in [3.63, 3.8) is 0 Å². The van der Waals surface area contributed by atoms with Gasteiger partial charge in [0.25, 0.3) is 0 Å². The van der Waals surface area contributed by atoms with Crippen molar-refractivity contribution in [2.45, 2.75) is 31.4 Å². The maximum atomic E-state index is 6.11. The SMILES string of the molecule is C[C@H](Oc1cc(-c2cc3n(n2)CCC32CNC2)cnc1N)c1ccccc1. The van der Waals surface area contributed by atoms with Crippen molar-refractivity contribution in [3.05, 3.63) is 59.9 Å². The van der Waals surface area contributed by atoms with E-state index in [-0.39, 0.29) is 11.5 Å². The van der Waals surface area contributed by atoms with Crippen LogP contribution in [0.4, 0.5) is 5.82 Å². The molecule has 0 unspecified atom stereocenters. The number of nitrogens with one attached hydrogen (secondary N) is 1. The van der Waals surface area contributed by atoms with Crippen molar-refractivity contribution in [1.82, 2.24) is 20.1 Å². The lowest BCUT2D eigenvalue weighted by molar-refractivity contribution is 0.227. The molecule has 2 aliphatic heterocycles. The topological polar surface area (TPSA) is 78.0 Å². The summed E-state index contributed by atoms with van der Waals surface area (Å²) in [5.41, 5.74) is 10.6. The second kappa shape index (κ2) is 6.09. The molecule has 0 bridgehead atoms. The van der Waals surface area contributed by atoms with Gasteiger partial charge in [-0.2, -0.15) is 5.10 Å². The maximum Gasteiger partial charge on any atom is 0.166 e. The number of hydrogen-bond acceptors (Lipinski definition) is 5. The van der Waals surface area contributed by atoms with Crippen LogP contribution in [0.3, 0.4) is 0 Å².